The summed E-state index contributed by atoms with van der Waals surface area (Å²) in [6, 6.07) is 0. The zero-order valence-electron chi connectivity index (χ0n) is 19.9. The normalized spacial score (nSPS) is 44.5. The van der Waals surface area contributed by atoms with Gasteiger partial charge in [0.15, 0.2) is 0 Å². The highest BCUT2D eigenvalue weighted by Gasteiger charge is 2.58. The van der Waals surface area contributed by atoms with E-state index in [1.165, 1.54) is 51.4 Å². The van der Waals surface area contributed by atoms with Gasteiger partial charge in [-0.05, 0) is 98.2 Å². The van der Waals surface area contributed by atoms with Crippen LogP contribution in [0, 0.1) is 40.4 Å². The summed E-state index contributed by atoms with van der Waals surface area (Å²) in [5, 5.41) is 19.3. The van der Waals surface area contributed by atoms with Crippen LogP contribution in [0.2, 0.25) is 0 Å². The lowest BCUT2D eigenvalue weighted by molar-refractivity contribution is -0.0573. The van der Waals surface area contributed by atoms with E-state index >= 15 is 0 Å². The minimum Gasteiger partial charge on any atom is -0.396 e. The van der Waals surface area contributed by atoms with Crippen LogP contribution in [0.4, 0.5) is 0 Å². The van der Waals surface area contributed by atoms with E-state index in [9.17, 15) is 5.11 Å². The van der Waals surface area contributed by atoms with Gasteiger partial charge < -0.3 is 10.2 Å². The number of unbranched alkanes of at least 4 members (excludes halogenated alkanes) is 1. The van der Waals surface area contributed by atoms with E-state index < -0.39 is 0 Å². The van der Waals surface area contributed by atoms with Crippen LogP contribution in [0.3, 0.4) is 0 Å². The summed E-state index contributed by atoms with van der Waals surface area (Å²) in [6.45, 7) is 12.0. The van der Waals surface area contributed by atoms with E-state index in [0.717, 1.165) is 48.9 Å². The van der Waals surface area contributed by atoms with Crippen molar-refractivity contribution in [1.29, 1.82) is 0 Å². The molecule has 4 aliphatic carbocycles. The van der Waals surface area contributed by atoms with Gasteiger partial charge in [-0.15, -0.1) is 0 Å². The van der Waals surface area contributed by atoms with Crippen LogP contribution in [0.1, 0.15) is 105 Å². The first-order valence-corrected chi connectivity index (χ1v) is 12.9. The van der Waals surface area contributed by atoms with E-state index in [-0.39, 0.29) is 6.10 Å². The van der Waals surface area contributed by atoms with Gasteiger partial charge in [0.1, 0.15) is 0 Å². The Bertz CT molecular complexity index is 569. The summed E-state index contributed by atoms with van der Waals surface area (Å²) in [5.41, 5.74) is 2.50. The lowest BCUT2D eigenvalue weighted by Gasteiger charge is -2.58. The molecule has 7 unspecified atom stereocenters. The Morgan fingerprint density at radius 3 is 2.52 bits per heavy atom. The molecule has 0 amide bonds. The molecule has 0 aromatic carbocycles. The van der Waals surface area contributed by atoms with Gasteiger partial charge in [0.25, 0.3) is 0 Å². The first kappa shape index (κ1) is 23.3. The molecule has 0 heterocycles. The van der Waals surface area contributed by atoms with Gasteiger partial charge in [-0.25, -0.2) is 0 Å². The molecule has 0 aromatic rings. The van der Waals surface area contributed by atoms with E-state index in [4.69, 9.17) is 5.11 Å². The second-order valence-electron chi connectivity index (χ2n) is 11.1. The summed E-state index contributed by atoms with van der Waals surface area (Å²) in [5.74, 6) is 4.32. The Labute approximate surface area is 180 Å². The van der Waals surface area contributed by atoms with Crippen molar-refractivity contribution in [2.24, 2.45) is 40.4 Å². The van der Waals surface area contributed by atoms with E-state index in [1.807, 2.05) is 13.8 Å². The van der Waals surface area contributed by atoms with Crippen molar-refractivity contribution < 1.29 is 10.2 Å². The minimum atomic E-state index is -0.0923. The van der Waals surface area contributed by atoms with Crippen LogP contribution in [-0.2, 0) is 0 Å². The third-order valence-electron chi connectivity index (χ3n) is 9.91. The molecule has 0 aromatic heterocycles. The molecule has 0 aliphatic heterocycles. The van der Waals surface area contributed by atoms with Crippen molar-refractivity contribution in [3.63, 3.8) is 0 Å². The molecule has 2 nitrogen and oxygen atoms in total. The third kappa shape index (κ3) is 4.10. The standard InChI is InChI=1S/C25H42O2.C2H6/c1-17(6-4-5-15-26)21-9-10-22-20-8-7-18-16-19(27)11-13-24(18,2)23(20)12-14-25(21,22)3;1-2/h7,17,19-23,26-27H,4-6,8-16H2,1-3H3;1-2H3/t17-,19?,20?,21?,22?,23?,24?,25?;/m1./s1. The van der Waals surface area contributed by atoms with E-state index in [0.29, 0.717) is 17.4 Å². The number of aliphatic hydroxyl groups is 2. The highest BCUT2D eigenvalue weighted by molar-refractivity contribution is 5.25. The Balaban J connectivity index is 0.00000117. The minimum absolute atomic E-state index is 0.0923. The first-order chi connectivity index (χ1) is 13.9. The monoisotopic (exact) mass is 404 g/mol. The second kappa shape index (κ2) is 9.43. The second-order valence-corrected chi connectivity index (χ2v) is 11.1. The largest absolute Gasteiger partial charge is 0.396 e. The summed E-state index contributed by atoms with van der Waals surface area (Å²) in [6.07, 6.45) is 16.0. The highest BCUT2D eigenvalue weighted by atomic mass is 16.3. The van der Waals surface area contributed by atoms with Crippen molar-refractivity contribution >= 4 is 0 Å². The van der Waals surface area contributed by atoms with Crippen molar-refractivity contribution in [1.82, 2.24) is 0 Å². The van der Waals surface area contributed by atoms with Gasteiger partial charge in [0.2, 0.25) is 0 Å². The summed E-state index contributed by atoms with van der Waals surface area (Å²) in [7, 11) is 0. The molecule has 0 saturated heterocycles. The smallest absolute Gasteiger partial charge is 0.0577 e. The summed E-state index contributed by atoms with van der Waals surface area (Å²) in [4.78, 5) is 0. The van der Waals surface area contributed by atoms with Gasteiger partial charge in [-0.2, -0.15) is 0 Å². The maximum atomic E-state index is 10.2. The van der Waals surface area contributed by atoms with Gasteiger partial charge in [0, 0.05) is 6.61 Å². The van der Waals surface area contributed by atoms with Crippen molar-refractivity contribution in [2.75, 3.05) is 6.61 Å². The molecule has 168 valence electrons. The average Bonchev–Trinajstić information content (AvgIpc) is 3.07. The molecule has 4 aliphatic rings. The quantitative estimate of drug-likeness (QED) is 0.393. The van der Waals surface area contributed by atoms with Gasteiger partial charge in [0.05, 0.1) is 6.10 Å². The third-order valence-corrected chi connectivity index (χ3v) is 9.91. The fourth-order valence-corrected chi connectivity index (χ4v) is 8.40. The zero-order valence-corrected chi connectivity index (χ0v) is 19.9. The van der Waals surface area contributed by atoms with Gasteiger partial charge in [-0.1, -0.05) is 59.1 Å². The topological polar surface area (TPSA) is 40.5 Å². The molecule has 2 N–H and O–H groups in total. The summed E-state index contributed by atoms with van der Waals surface area (Å²) < 4.78 is 0. The van der Waals surface area contributed by atoms with Crippen molar-refractivity contribution in [3.8, 4) is 0 Å². The van der Waals surface area contributed by atoms with E-state index in [2.05, 4.69) is 26.8 Å². The van der Waals surface area contributed by atoms with Crippen molar-refractivity contribution in [2.45, 2.75) is 111 Å². The van der Waals surface area contributed by atoms with Crippen LogP contribution in [0.5, 0.6) is 0 Å². The lowest BCUT2D eigenvalue weighted by atomic mass is 9.47. The lowest BCUT2D eigenvalue weighted by Crippen LogP contribution is -2.50. The van der Waals surface area contributed by atoms with E-state index in [1.54, 1.807) is 5.57 Å². The molecule has 3 fully saturated rings. The maximum absolute atomic E-state index is 10.2. The molecule has 8 atom stereocenters. The van der Waals surface area contributed by atoms with Crippen LogP contribution in [0.25, 0.3) is 0 Å². The molecular formula is C27H48O2. The number of aliphatic hydroxyl groups excluding tert-OH is 2. The predicted octanol–water partition coefficient (Wildman–Crippen LogP) is 6.75. The van der Waals surface area contributed by atoms with Crippen LogP contribution < -0.4 is 0 Å². The molecule has 0 bridgehead atoms. The van der Waals surface area contributed by atoms with Gasteiger partial charge in [-0.3, -0.25) is 0 Å². The molecule has 4 rings (SSSR count). The molecular weight excluding hydrogens is 356 g/mol. The maximum Gasteiger partial charge on any atom is 0.0577 e. The van der Waals surface area contributed by atoms with Crippen molar-refractivity contribution in [3.05, 3.63) is 11.6 Å². The fourth-order valence-electron chi connectivity index (χ4n) is 8.40. The molecule has 2 heteroatoms. The molecule has 3 saturated carbocycles. The Morgan fingerprint density at radius 1 is 1.03 bits per heavy atom. The Kier molecular flexibility index (Phi) is 7.58. The van der Waals surface area contributed by atoms with Crippen LogP contribution >= 0.6 is 0 Å². The Morgan fingerprint density at radius 2 is 1.79 bits per heavy atom. The predicted molar refractivity (Wildman–Crippen MR) is 123 cm³/mol. The Hall–Kier alpha value is -0.340. The number of rotatable bonds is 5. The van der Waals surface area contributed by atoms with Crippen LogP contribution in [-0.4, -0.2) is 22.9 Å². The number of allylic oxidation sites excluding steroid dienone is 1. The number of hydrogen-bond acceptors (Lipinski definition) is 2. The number of hydrogen-bond donors (Lipinski definition) is 2. The van der Waals surface area contributed by atoms with Crippen LogP contribution in [0.15, 0.2) is 11.6 Å². The molecule has 0 spiro atoms. The zero-order chi connectivity index (χ0) is 21.2. The average molecular weight is 405 g/mol. The molecule has 29 heavy (non-hydrogen) atoms. The van der Waals surface area contributed by atoms with Gasteiger partial charge >= 0.3 is 0 Å². The highest BCUT2D eigenvalue weighted by Crippen LogP contribution is 2.67. The first-order valence-electron chi connectivity index (χ1n) is 12.9. The summed E-state index contributed by atoms with van der Waals surface area (Å²) >= 11 is 0. The fraction of sp³-hybridized carbons (Fsp3) is 0.926. The molecule has 0 radical (unpaired) electrons. The number of fused-ring (bicyclic) bond motifs is 5. The SMILES string of the molecule is CC.C[C@H](CCCCO)C1CCC2C3CC=C4CC(O)CCC4(C)C3CCC21C.